The van der Waals surface area contributed by atoms with E-state index in [-0.39, 0.29) is 22.2 Å². The Kier molecular flexibility index (Phi) is 6.36. The number of carboxylic acid groups (broad SMARTS) is 1. The van der Waals surface area contributed by atoms with Crippen LogP contribution in [-0.4, -0.2) is 68.5 Å². The number of oxime groups is 1. The lowest BCUT2D eigenvalue weighted by molar-refractivity contribution is -0.150. The Balaban J connectivity index is 1.78. The first kappa shape index (κ1) is 21.0. The number of amides is 2. The summed E-state index contributed by atoms with van der Waals surface area (Å²) < 4.78 is 0. The van der Waals surface area contributed by atoms with E-state index in [1.807, 2.05) is 0 Å². The number of nitrogen functional groups attached to an aromatic ring is 1. The fraction of sp³-hybridized carbons (Fsp3) is 0.312. The maximum absolute atomic E-state index is 12.7. The number of aromatic nitrogens is 1. The molecule has 2 aliphatic rings. The zero-order chi connectivity index (χ0) is 21.1. The average molecular weight is 454 g/mol. The molecule has 0 radical (unpaired) electrons. The fourth-order valence-electron chi connectivity index (χ4n) is 2.73. The van der Waals surface area contributed by atoms with Gasteiger partial charge in [-0.05, 0) is 0 Å². The number of thiazole rings is 1. The molecular weight excluding hydrogens is 438 g/mol. The van der Waals surface area contributed by atoms with Gasteiger partial charge in [-0.25, -0.2) is 9.78 Å². The number of nitrogens with zero attached hydrogens (tertiary/aromatic N) is 3. The highest BCUT2D eigenvalue weighted by Gasteiger charge is 2.54. The van der Waals surface area contributed by atoms with Crippen LogP contribution in [0, 0.1) is 12.3 Å². The molecule has 3 rings (SSSR count). The number of carbonyl (C=O) groups excluding carboxylic acids is 2. The van der Waals surface area contributed by atoms with Crippen LogP contribution in [-0.2, 0) is 19.2 Å². The highest BCUT2D eigenvalue weighted by atomic mass is 32.2. The molecule has 3 heterocycles. The molecule has 0 saturated carbocycles. The lowest BCUT2D eigenvalue weighted by Gasteiger charge is -2.49. The molecule has 152 valence electrons. The maximum atomic E-state index is 12.7. The van der Waals surface area contributed by atoms with Crippen LogP contribution in [0.4, 0.5) is 5.13 Å². The third-order valence-electron chi connectivity index (χ3n) is 3.91. The van der Waals surface area contributed by atoms with Crippen molar-refractivity contribution in [3.63, 3.8) is 0 Å². The van der Waals surface area contributed by atoms with Crippen molar-refractivity contribution in [3.8, 4) is 12.3 Å². The van der Waals surface area contributed by atoms with Crippen molar-refractivity contribution < 1.29 is 24.3 Å². The van der Waals surface area contributed by atoms with E-state index >= 15 is 0 Å². The van der Waals surface area contributed by atoms with Gasteiger partial charge < -0.3 is 21.0 Å². The van der Waals surface area contributed by atoms with Gasteiger partial charge in [0.2, 0.25) is 0 Å². The SMILES string of the molecule is C#CCSC1=C(C(=O)O)N2C(=O)[C@@H](NC(=O)/C(=N\OC)c3csc(N)n3)[C@H]2SC1. The first-order chi connectivity index (χ1) is 13.9. The van der Waals surface area contributed by atoms with Crippen LogP contribution < -0.4 is 11.1 Å². The number of rotatable bonds is 7. The van der Waals surface area contributed by atoms with Crippen LogP contribution in [0.3, 0.4) is 0 Å². The zero-order valence-electron chi connectivity index (χ0n) is 14.9. The van der Waals surface area contributed by atoms with E-state index in [1.54, 1.807) is 0 Å². The van der Waals surface area contributed by atoms with Crippen molar-refractivity contribution in [2.75, 3.05) is 24.3 Å². The standard InChI is InChI=1S/C16H15N5O5S3/c1-3-4-27-8-6-28-14-10(13(23)21(14)11(8)15(24)25)19-12(22)9(20-26-2)7-5-29-16(17)18-7/h1,5,10,14H,4,6H2,2H3,(H2,17,18)(H,19,22)(H,24,25)/b20-9-/t10-,14-/m1/s1. The number of carbonyl (C=O) groups is 3. The number of nitrogens with two attached hydrogens (primary N) is 1. The third kappa shape index (κ3) is 4.04. The normalized spacial score (nSPS) is 21.2. The van der Waals surface area contributed by atoms with Gasteiger partial charge >= 0.3 is 5.97 Å². The molecule has 0 aliphatic carbocycles. The van der Waals surface area contributed by atoms with Gasteiger partial charge in [0.15, 0.2) is 10.8 Å². The summed E-state index contributed by atoms with van der Waals surface area (Å²) in [5, 5.41) is 17.1. The third-order valence-corrected chi connectivity index (χ3v) is 7.05. The van der Waals surface area contributed by atoms with Gasteiger partial charge in [0, 0.05) is 16.0 Å². The Morgan fingerprint density at radius 3 is 2.97 bits per heavy atom. The molecule has 2 atom stereocenters. The first-order valence-electron chi connectivity index (χ1n) is 7.99. The van der Waals surface area contributed by atoms with Crippen LogP contribution in [0.2, 0.25) is 0 Å². The number of β-lactam (4-membered cyclic amide) rings is 1. The van der Waals surface area contributed by atoms with Gasteiger partial charge in [-0.15, -0.1) is 41.3 Å². The van der Waals surface area contributed by atoms with Crippen LogP contribution in [0.25, 0.3) is 0 Å². The Bertz CT molecular complexity index is 966. The van der Waals surface area contributed by atoms with E-state index in [0.29, 0.717) is 16.4 Å². The number of terminal acetylenes is 1. The molecule has 13 heteroatoms. The Labute approximate surface area is 177 Å². The second-order valence-corrected chi connectivity index (χ2v) is 8.69. The molecule has 1 fully saturated rings. The maximum Gasteiger partial charge on any atom is 0.353 e. The molecule has 2 amide bonds. The molecular formula is C16H15N5O5S3. The Morgan fingerprint density at radius 2 is 2.38 bits per heavy atom. The number of aliphatic carboxylic acids is 1. The minimum atomic E-state index is -1.22. The number of anilines is 1. The molecule has 1 saturated heterocycles. The van der Waals surface area contributed by atoms with Crippen LogP contribution >= 0.6 is 34.9 Å². The molecule has 0 bridgehead atoms. The van der Waals surface area contributed by atoms with Gasteiger partial charge in [-0.1, -0.05) is 11.1 Å². The molecule has 0 spiro atoms. The fourth-order valence-corrected chi connectivity index (χ4v) is 5.59. The van der Waals surface area contributed by atoms with Crippen LogP contribution in [0.1, 0.15) is 5.69 Å². The molecule has 1 aromatic rings. The second kappa shape index (κ2) is 8.76. The lowest BCUT2D eigenvalue weighted by Crippen LogP contribution is -2.71. The van der Waals surface area contributed by atoms with Crippen LogP contribution in [0.5, 0.6) is 0 Å². The van der Waals surface area contributed by atoms with E-state index < -0.39 is 29.2 Å². The quantitative estimate of drug-likeness (QED) is 0.227. The first-order valence-corrected chi connectivity index (χ1v) is 10.9. The van der Waals surface area contributed by atoms with Crippen molar-refractivity contribution in [2.45, 2.75) is 11.4 Å². The predicted octanol–water partition coefficient (Wildman–Crippen LogP) is 0.138. The van der Waals surface area contributed by atoms with Gasteiger partial charge in [-0.3, -0.25) is 14.5 Å². The van der Waals surface area contributed by atoms with E-state index in [2.05, 4.69) is 21.4 Å². The highest BCUT2D eigenvalue weighted by molar-refractivity contribution is 8.06. The average Bonchev–Trinajstić information content (AvgIpc) is 3.13. The van der Waals surface area contributed by atoms with Crippen molar-refractivity contribution in [1.82, 2.24) is 15.2 Å². The molecule has 0 aromatic carbocycles. The molecule has 2 aliphatic heterocycles. The summed E-state index contributed by atoms with van der Waals surface area (Å²) >= 11 is 3.68. The van der Waals surface area contributed by atoms with Gasteiger partial charge in [0.05, 0.1) is 5.75 Å². The summed E-state index contributed by atoms with van der Waals surface area (Å²) in [4.78, 5) is 47.4. The summed E-state index contributed by atoms with van der Waals surface area (Å²) in [7, 11) is 1.27. The predicted molar refractivity (Wildman–Crippen MR) is 111 cm³/mol. The summed E-state index contributed by atoms with van der Waals surface area (Å²) in [6.07, 6.45) is 5.24. The zero-order valence-corrected chi connectivity index (χ0v) is 17.4. The summed E-state index contributed by atoms with van der Waals surface area (Å²) in [5.74, 6) is 0.685. The van der Waals surface area contributed by atoms with Crippen LogP contribution in [0.15, 0.2) is 21.1 Å². The van der Waals surface area contributed by atoms with E-state index in [1.165, 1.54) is 40.9 Å². The molecule has 10 nitrogen and oxygen atoms in total. The molecule has 1 aromatic heterocycles. The van der Waals surface area contributed by atoms with Crippen molar-refractivity contribution in [3.05, 3.63) is 21.7 Å². The number of nitrogens with one attached hydrogen (secondary N) is 1. The summed E-state index contributed by atoms with van der Waals surface area (Å²) in [6, 6.07) is -0.904. The number of carboxylic acids is 1. The monoisotopic (exact) mass is 453 g/mol. The van der Waals surface area contributed by atoms with Crippen molar-refractivity contribution >= 4 is 63.5 Å². The molecule has 29 heavy (non-hydrogen) atoms. The summed E-state index contributed by atoms with van der Waals surface area (Å²) in [6.45, 7) is 0. The minimum Gasteiger partial charge on any atom is -0.477 e. The summed E-state index contributed by atoms with van der Waals surface area (Å²) in [5.41, 5.74) is 5.58. The smallest absolute Gasteiger partial charge is 0.353 e. The molecule has 4 N–H and O–H groups in total. The van der Waals surface area contributed by atoms with Gasteiger partial charge in [0.1, 0.15) is 29.9 Å². The second-order valence-electron chi connectivity index (χ2n) is 5.62. The van der Waals surface area contributed by atoms with Gasteiger partial charge in [0.25, 0.3) is 11.8 Å². The Hall–Kier alpha value is -2.69. The highest BCUT2D eigenvalue weighted by Crippen LogP contribution is 2.43. The van der Waals surface area contributed by atoms with E-state index in [0.717, 1.165) is 11.3 Å². The number of hydrogen-bond acceptors (Lipinski definition) is 10. The minimum absolute atomic E-state index is 0.0949. The number of hydrogen-bond donors (Lipinski definition) is 3. The van der Waals surface area contributed by atoms with E-state index in [9.17, 15) is 19.5 Å². The topological polar surface area (TPSA) is 147 Å². The molecule has 0 unspecified atom stereocenters. The van der Waals surface area contributed by atoms with E-state index in [4.69, 9.17) is 17.0 Å². The van der Waals surface area contributed by atoms with Crippen molar-refractivity contribution in [1.29, 1.82) is 0 Å². The van der Waals surface area contributed by atoms with Gasteiger partial charge in [-0.2, -0.15) is 0 Å². The Morgan fingerprint density at radius 1 is 1.62 bits per heavy atom. The number of thioether (sulfide) groups is 2. The van der Waals surface area contributed by atoms with Crippen molar-refractivity contribution in [2.24, 2.45) is 5.16 Å². The lowest BCUT2D eigenvalue weighted by atomic mass is 10.0. The largest absolute Gasteiger partial charge is 0.477 e. The number of fused-ring (bicyclic) bond motifs is 1.